The third kappa shape index (κ3) is 25.0. The maximum Gasteiger partial charge on any atom is 0.510 e. The number of halogens is 12. The number of hydrogen-bond acceptors (Lipinski definition) is 12. The minimum absolute atomic E-state index is 0. The van der Waals surface area contributed by atoms with Gasteiger partial charge in [-0.05, 0) is 358 Å². The smallest absolute Gasteiger partial charge is 0.429 e. The van der Waals surface area contributed by atoms with Gasteiger partial charge in [0.1, 0.15) is 16.8 Å². The minimum Gasteiger partial charge on any atom is -0.429 e. The molecule has 122 heavy (non-hydrogen) atoms. The molecular formula is C95H154F12O12Si3. The third-order valence-corrected chi connectivity index (χ3v) is 37.4. The van der Waals surface area contributed by atoms with E-state index in [1.165, 1.54) is 74.9 Å². The molecule has 12 fully saturated rings. The first-order valence-electron chi connectivity index (χ1n) is 42.4. The van der Waals surface area contributed by atoms with Crippen LogP contribution in [0.4, 0.5) is 67.1 Å². The molecule has 3 aromatic carbocycles. The summed E-state index contributed by atoms with van der Waals surface area (Å²) in [6.45, 7) is 27.9. The predicted molar refractivity (Wildman–Crippen MR) is 470 cm³/mol. The molecule has 12 saturated carbocycles. The van der Waals surface area contributed by atoms with Crippen molar-refractivity contribution in [3.8, 4) is 0 Å². The van der Waals surface area contributed by atoms with E-state index in [0.717, 1.165) is 87.4 Å². The summed E-state index contributed by atoms with van der Waals surface area (Å²) in [4.78, 5) is 35.7. The fourth-order valence-corrected chi connectivity index (χ4v) is 27.8. The third-order valence-electron chi connectivity index (χ3n) is 29.1. The van der Waals surface area contributed by atoms with Gasteiger partial charge in [0.15, 0.2) is 0 Å². The number of hydrogen-bond donors (Lipinski definition) is 0. The van der Waals surface area contributed by atoms with Gasteiger partial charge in [0.05, 0.1) is 0 Å². The van der Waals surface area contributed by atoms with Crippen LogP contribution in [0.1, 0.15) is 229 Å². The first-order chi connectivity index (χ1) is 53.5. The van der Waals surface area contributed by atoms with Gasteiger partial charge in [0.2, 0.25) is 36.7 Å². The van der Waals surface area contributed by atoms with Gasteiger partial charge in [-0.2, -0.15) is 52.7 Å². The molecule has 12 aliphatic carbocycles. The Morgan fingerprint density at radius 3 is 0.885 bits per heavy atom. The van der Waals surface area contributed by atoms with Crippen molar-refractivity contribution in [3.63, 3.8) is 0 Å². The number of fused-ring (bicyclic) bond motifs is 27. The number of ether oxygens (including phenoxy) is 6. The predicted octanol–water partition coefficient (Wildman–Crippen LogP) is 27.1. The first kappa shape index (κ1) is 109. The average Bonchev–Trinajstić information content (AvgIpc) is 1.56. The lowest BCUT2D eigenvalue weighted by Crippen LogP contribution is -2.61. The zero-order valence-corrected chi connectivity index (χ0v) is 74.5. The van der Waals surface area contributed by atoms with E-state index in [1.54, 1.807) is 62.9 Å². The summed E-state index contributed by atoms with van der Waals surface area (Å²) in [5, 5.41) is 4.05. The molecule has 0 amide bonds. The van der Waals surface area contributed by atoms with Crippen LogP contribution in [-0.4, -0.2) is 124 Å². The van der Waals surface area contributed by atoms with E-state index < -0.39 is 115 Å². The van der Waals surface area contributed by atoms with E-state index in [0.29, 0.717) is 66.1 Å². The van der Waals surface area contributed by atoms with Crippen LogP contribution in [0.3, 0.4) is 0 Å². The summed E-state index contributed by atoms with van der Waals surface area (Å²) >= 11 is 0. The van der Waals surface area contributed by atoms with Gasteiger partial charge in [-0.15, -0.1) is 0 Å². The molecule has 27 heteroatoms. The second-order valence-corrected chi connectivity index (χ2v) is 52.6. The average molecular weight is 1800 g/mol. The molecule has 0 saturated heterocycles. The number of carbonyl (C=O) groups excluding carboxylic acids is 3. The fourth-order valence-electron chi connectivity index (χ4n) is 24.1. The zero-order chi connectivity index (χ0) is 85.9. The van der Waals surface area contributed by atoms with Gasteiger partial charge in [-0.3, -0.25) is 0 Å². The molecule has 0 aromatic heterocycles. The molecule has 23 unspecified atom stereocenters. The van der Waals surface area contributed by atoms with Gasteiger partial charge in [-0.1, -0.05) is 136 Å². The highest BCUT2D eigenvalue weighted by Gasteiger charge is 2.77. The number of carbonyl (C=O) groups is 3. The van der Waals surface area contributed by atoms with E-state index in [2.05, 4.69) is 122 Å². The lowest BCUT2D eigenvalue weighted by atomic mass is 9.65. The lowest BCUT2D eigenvalue weighted by Gasteiger charge is -2.43. The number of benzene rings is 3. The van der Waals surface area contributed by atoms with Crippen LogP contribution in [0.25, 0.3) is 0 Å². The topological polar surface area (TPSA) is 134 Å². The highest BCUT2D eigenvalue weighted by molar-refractivity contribution is 6.85. The fraction of sp³-hybridized carbons (Fsp3) is 0.779. The summed E-state index contributed by atoms with van der Waals surface area (Å²) in [7, 11) is 0.713. The molecule has 0 aliphatic heterocycles. The summed E-state index contributed by atoms with van der Waals surface area (Å²) < 4.78 is 211. The van der Waals surface area contributed by atoms with Crippen molar-refractivity contribution in [1.29, 1.82) is 0 Å². The molecule has 12 nitrogen and oxygen atoms in total. The van der Waals surface area contributed by atoms with Crippen molar-refractivity contribution in [2.45, 2.75) is 327 Å². The van der Waals surface area contributed by atoms with Gasteiger partial charge < -0.3 is 41.7 Å². The van der Waals surface area contributed by atoms with Crippen molar-refractivity contribution in [1.82, 2.24) is 0 Å². The minimum atomic E-state index is -5.79. The first-order valence-corrected chi connectivity index (χ1v) is 51.1. The Labute approximate surface area is 728 Å². The van der Waals surface area contributed by atoms with E-state index in [4.69, 9.17) is 32.2 Å². The molecule has 23 atom stereocenters. The van der Waals surface area contributed by atoms with Gasteiger partial charge in [0.25, 0.3) is 0 Å². The molecule has 0 radical (unpaired) electrons. The monoisotopic (exact) mass is 1800 g/mol. The van der Waals surface area contributed by atoms with Crippen molar-refractivity contribution in [2.75, 3.05) is 21.3 Å². The molecule has 0 spiro atoms. The van der Waals surface area contributed by atoms with Gasteiger partial charge >= 0.3 is 48.8 Å². The van der Waals surface area contributed by atoms with Gasteiger partial charge in [-0.25, -0.2) is 14.4 Å². The van der Waals surface area contributed by atoms with Crippen LogP contribution in [0, 0.1) is 124 Å². The lowest BCUT2D eigenvalue weighted by molar-refractivity contribution is -0.374. The van der Waals surface area contributed by atoms with E-state index >= 15 is 0 Å². The van der Waals surface area contributed by atoms with E-state index in [-0.39, 0.29) is 87.0 Å². The Bertz CT molecular complexity index is 3600. The van der Waals surface area contributed by atoms with Gasteiger partial charge in [0, 0.05) is 27.8 Å². The highest BCUT2D eigenvalue weighted by Crippen LogP contribution is 2.73. The normalized spacial score (nSPS) is 30.8. The largest absolute Gasteiger partial charge is 0.510 e. The Morgan fingerprint density at radius 2 is 0.607 bits per heavy atom. The molecule has 0 heterocycles. The zero-order valence-electron chi connectivity index (χ0n) is 71.5. The van der Waals surface area contributed by atoms with Crippen LogP contribution in [0.5, 0.6) is 0 Å². The Kier molecular flexibility index (Phi) is 37.1. The Hall–Kier alpha value is -4.84. The van der Waals surface area contributed by atoms with Crippen LogP contribution in [-0.2, 0) is 41.7 Å². The van der Waals surface area contributed by atoms with Crippen LogP contribution < -0.4 is 15.6 Å². The maximum absolute atomic E-state index is 13.9. The molecule has 15 rings (SSSR count). The molecule has 702 valence electrons. The maximum atomic E-state index is 13.9. The quantitative estimate of drug-likeness (QED) is 0.0471. The summed E-state index contributed by atoms with van der Waals surface area (Å²) in [5.41, 5.74) is -10.1. The number of rotatable bonds is 15. The van der Waals surface area contributed by atoms with Crippen molar-refractivity contribution >= 4 is 59.0 Å². The van der Waals surface area contributed by atoms with Crippen molar-refractivity contribution in [3.05, 3.63) is 91.0 Å². The van der Waals surface area contributed by atoms with Crippen LogP contribution in [0.2, 0.25) is 39.3 Å². The van der Waals surface area contributed by atoms with E-state index in [9.17, 15) is 67.1 Å². The molecule has 12 bridgehead atoms. The summed E-state index contributed by atoms with van der Waals surface area (Å²) in [5.74, 6) is 8.84. The summed E-state index contributed by atoms with van der Waals surface area (Å²) in [6.07, 6.45) is -12.8. The van der Waals surface area contributed by atoms with E-state index in [1.807, 2.05) is 18.2 Å². The second-order valence-electron chi connectivity index (χ2n) is 40.6. The highest BCUT2D eigenvalue weighted by atomic mass is 28.4. The van der Waals surface area contributed by atoms with Crippen molar-refractivity contribution in [2.24, 2.45) is 124 Å². The Morgan fingerprint density at radius 1 is 0.336 bits per heavy atom. The molecular weight excluding hydrogens is 1650 g/mol. The molecule has 0 N–H and O–H groups in total. The number of alkyl halides is 12. The Balaban J connectivity index is 0.000000318. The van der Waals surface area contributed by atoms with Crippen LogP contribution >= 0.6 is 0 Å². The van der Waals surface area contributed by atoms with Crippen molar-refractivity contribution < 1.29 is 109 Å². The van der Waals surface area contributed by atoms with Crippen LogP contribution in [0.15, 0.2) is 91.0 Å². The SMILES string of the molecule is C.C.C.C.C.C.CC(C)(C)OC(=O)OC(C)(CC1CC2CC1C1C3CCC(C3)C21)C(F)(F)F.CC(C)(C)OC(=O)OC(CC1CC2CC1C1C3CCC(C3)C21)(C(F)(F)F)C(F)(F)F.CC(C)(C)OC(=O)OC(CC1CC2CC1C1C3CCC(C3)C21)C(F)(F)F.CO[Si](C)(C)c1ccccc1.CO[Si](C)(C)c1ccccc1.CO[Si](C)(C)c1ccccc1. The molecule has 3 aromatic rings. The standard InChI is InChI=1S/C21H28F6O3.C21H31F3O3.C20H29F3O3.3C9H14OSi.6CH4/c1-18(2,3)29-17(28)30-19(20(22,23)24,21(25,26)27)9-13-7-12-8-14(13)16-11-5-4-10(6-11)15(12)16;1-19(2,3)26-18(25)27-20(4,21(22,23)24)10-14-8-13-9-15(14)17-12-6-5-11(7-12)16(13)17;1-19(2,3)26-18(24)25-15(20(21,22)23)9-12-7-13-8-14(12)17-11-5-4-10(6-11)16(13)17;3*1-10-11(2,3)9-7-5-4-6-8-9;;;;;;/h10-16H,4-9H2,1-3H3;11-17H,5-10H2,1-4H3;10-17H,4-9H2,1-3H3;3*4-8H,1-3H3;6*1H4. The molecule has 12 aliphatic rings. The second kappa shape index (κ2) is 41.3. The summed E-state index contributed by atoms with van der Waals surface area (Å²) in [6, 6.07) is 31.3.